The Kier molecular flexibility index (Phi) is 5.51. The zero-order valence-corrected chi connectivity index (χ0v) is 14.1. The van der Waals surface area contributed by atoms with Gasteiger partial charge in [0.25, 0.3) is 0 Å². The second-order valence-corrected chi connectivity index (χ2v) is 5.96. The smallest absolute Gasteiger partial charge is 0.122 e. The molecule has 1 N–H and O–H groups in total. The Hall–Kier alpha value is -1.68. The van der Waals surface area contributed by atoms with Gasteiger partial charge in [-0.05, 0) is 43.7 Å². The van der Waals surface area contributed by atoms with Crippen LogP contribution >= 0.6 is 15.9 Å². The van der Waals surface area contributed by atoms with Gasteiger partial charge in [-0.1, -0.05) is 28.1 Å². The fraction of sp³-hybridized carbons (Fsp3) is 0.294. The molecule has 21 heavy (non-hydrogen) atoms. The molecule has 0 bridgehead atoms. The molecule has 0 aliphatic rings. The lowest BCUT2D eigenvalue weighted by molar-refractivity contribution is 0.242. The van der Waals surface area contributed by atoms with E-state index in [9.17, 15) is 0 Å². The number of halogens is 1. The van der Waals surface area contributed by atoms with E-state index in [2.05, 4.69) is 33.4 Å². The summed E-state index contributed by atoms with van der Waals surface area (Å²) in [4.78, 5) is 0. The lowest BCUT2D eigenvalue weighted by atomic mass is 10.2. The summed E-state index contributed by atoms with van der Waals surface area (Å²) in [5, 5.41) is 3.39. The van der Waals surface area contributed by atoms with Crippen molar-refractivity contribution in [3.8, 4) is 11.5 Å². The Morgan fingerprint density at radius 1 is 1.05 bits per heavy atom. The number of hydrogen-bond acceptors (Lipinski definition) is 3. The van der Waals surface area contributed by atoms with E-state index in [0.717, 1.165) is 28.2 Å². The maximum Gasteiger partial charge on any atom is 0.122 e. The van der Waals surface area contributed by atoms with Gasteiger partial charge in [0.05, 0.1) is 13.2 Å². The fourth-order valence-corrected chi connectivity index (χ4v) is 2.42. The Bertz CT molecular complexity index is 582. The van der Waals surface area contributed by atoms with Crippen molar-refractivity contribution in [1.82, 2.24) is 0 Å². The number of nitrogens with one attached hydrogen (secondary N) is 1. The summed E-state index contributed by atoms with van der Waals surface area (Å²) < 4.78 is 11.9. The monoisotopic (exact) mass is 349 g/mol. The van der Waals surface area contributed by atoms with Crippen molar-refractivity contribution in [2.45, 2.75) is 26.5 Å². The minimum Gasteiger partial charge on any atom is -0.497 e. The van der Waals surface area contributed by atoms with E-state index in [-0.39, 0.29) is 6.10 Å². The van der Waals surface area contributed by atoms with E-state index in [4.69, 9.17) is 9.47 Å². The normalized spacial score (nSPS) is 10.5. The van der Waals surface area contributed by atoms with Gasteiger partial charge >= 0.3 is 0 Å². The summed E-state index contributed by atoms with van der Waals surface area (Å²) >= 11 is 3.48. The number of hydrogen-bond donors (Lipinski definition) is 1. The molecule has 2 aromatic carbocycles. The number of benzene rings is 2. The van der Waals surface area contributed by atoms with Gasteiger partial charge < -0.3 is 14.8 Å². The highest BCUT2D eigenvalue weighted by Crippen LogP contribution is 2.25. The van der Waals surface area contributed by atoms with Gasteiger partial charge in [0, 0.05) is 22.8 Å². The first-order valence-electron chi connectivity index (χ1n) is 6.91. The molecule has 0 atom stereocenters. The molecule has 3 nitrogen and oxygen atoms in total. The highest BCUT2D eigenvalue weighted by molar-refractivity contribution is 9.10. The van der Waals surface area contributed by atoms with Gasteiger partial charge in [0.2, 0.25) is 0 Å². The minimum absolute atomic E-state index is 0.197. The summed E-state index contributed by atoms with van der Waals surface area (Å²) in [5.74, 6) is 1.73. The standard InChI is InChI=1S/C17H20BrNO2/c1-12(2)21-16-6-4-13(5-7-16)11-19-15-8-14(18)9-17(10-15)20-3/h4-10,12,19H,11H2,1-3H3. The molecule has 0 aromatic heterocycles. The number of ether oxygens (including phenoxy) is 2. The molecule has 0 unspecified atom stereocenters. The van der Waals surface area contributed by atoms with Crippen LogP contribution in [0.3, 0.4) is 0 Å². The van der Waals surface area contributed by atoms with E-state index in [1.54, 1.807) is 7.11 Å². The van der Waals surface area contributed by atoms with Crippen LogP contribution < -0.4 is 14.8 Å². The molecule has 0 saturated carbocycles. The maximum atomic E-state index is 5.63. The fourth-order valence-electron chi connectivity index (χ4n) is 1.94. The van der Waals surface area contributed by atoms with Crippen molar-refractivity contribution in [3.63, 3.8) is 0 Å². The van der Waals surface area contributed by atoms with E-state index < -0.39 is 0 Å². The summed E-state index contributed by atoms with van der Waals surface area (Å²) in [6, 6.07) is 14.1. The van der Waals surface area contributed by atoms with Crippen LogP contribution in [0.4, 0.5) is 5.69 Å². The zero-order valence-electron chi connectivity index (χ0n) is 12.5. The van der Waals surface area contributed by atoms with Gasteiger partial charge in [-0.2, -0.15) is 0 Å². The summed E-state index contributed by atoms with van der Waals surface area (Å²) in [7, 11) is 1.67. The number of rotatable bonds is 6. The van der Waals surface area contributed by atoms with Crippen LogP contribution in [0, 0.1) is 0 Å². The van der Waals surface area contributed by atoms with Gasteiger partial charge in [-0.15, -0.1) is 0 Å². The largest absolute Gasteiger partial charge is 0.497 e. The molecule has 0 aliphatic carbocycles. The first-order valence-corrected chi connectivity index (χ1v) is 7.70. The average Bonchev–Trinajstić information content (AvgIpc) is 2.45. The van der Waals surface area contributed by atoms with Crippen molar-refractivity contribution < 1.29 is 9.47 Å². The van der Waals surface area contributed by atoms with Crippen molar-refractivity contribution in [1.29, 1.82) is 0 Å². The van der Waals surface area contributed by atoms with Gasteiger partial charge in [0.15, 0.2) is 0 Å². The Morgan fingerprint density at radius 3 is 2.38 bits per heavy atom. The first-order chi connectivity index (χ1) is 10.1. The highest BCUT2D eigenvalue weighted by Gasteiger charge is 2.01. The summed E-state index contributed by atoms with van der Waals surface area (Å²) in [6.07, 6.45) is 0.197. The summed E-state index contributed by atoms with van der Waals surface area (Å²) in [5.41, 5.74) is 2.22. The van der Waals surface area contributed by atoms with Crippen molar-refractivity contribution in [3.05, 3.63) is 52.5 Å². The van der Waals surface area contributed by atoms with Crippen LogP contribution in [0.2, 0.25) is 0 Å². The van der Waals surface area contributed by atoms with Gasteiger partial charge in [0.1, 0.15) is 11.5 Å². The predicted molar refractivity (Wildman–Crippen MR) is 90.2 cm³/mol. The van der Waals surface area contributed by atoms with Crippen LogP contribution in [-0.4, -0.2) is 13.2 Å². The van der Waals surface area contributed by atoms with Crippen LogP contribution in [0.15, 0.2) is 46.9 Å². The second kappa shape index (κ2) is 7.36. The predicted octanol–water partition coefficient (Wildman–Crippen LogP) is 4.86. The summed E-state index contributed by atoms with van der Waals surface area (Å²) in [6.45, 7) is 4.80. The Balaban J connectivity index is 1.98. The molecule has 4 heteroatoms. The zero-order chi connectivity index (χ0) is 15.2. The average molecular weight is 350 g/mol. The van der Waals surface area contributed by atoms with Crippen LogP contribution in [0.5, 0.6) is 11.5 Å². The van der Waals surface area contributed by atoms with Crippen LogP contribution in [-0.2, 0) is 6.54 Å². The molecular weight excluding hydrogens is 330 g/mol. The Morgan fingerprint density at radius 2 is 1.76 bits per heavy atom. The SMILES string of the molecule is COc1cc(Br)cc(NCc2ccc(OC(C)C)cc2)c1. The molecule has 0 radical (unpaired) electrons. The second-order valence-electron chi connectivity index (χ2n) is 5.04. The van der Waals surface area contributed by atoms with Gasteiger partial charge in [-0.25, -0.2) is 0 Å². The molecule has 0 heterocycles. The lowest BCUT2D eigenvalue weighted by Gasteiger charge is -2.11. The highest BCUT2D eigenvalue weighted by atomic mass is 79.9. The Labute approximate surface area is 134 Å². The molecule has 0 fully saturated rings. The molecule has 0 spiro atoms. The molecular formula is C17H20BrNO2. The lowest BCUT2D eigenvalue weighted by Crippen LogP contribution is -2.05. The quantitative estimate of drug-likeness (QED) is 0.807. The van der Waals surface area contributed by atoms with E-state index in [1.807, 2.05) is 44.2 Å². The van der Waals surface area contributed by atoms with Crippen molar-refractivity contribution in [2.75, 3.05) is 12.4 Å². The third-order valence-corrected chi connectivity index (χ3v) is 3.36. The molecule has 112 valence electrons. The molecule has 0 aliphatic heterocycles. The third-order valence-electron chi connectivity index (χ3n) is 2.90. The van der Waals surface area contributed by atoms with Crippen LogP contribution in [0.25, 0.3) is 0 Å². The van der Waals surface area contributed by atoms with E-state index in [1.165, 1.54) is 5.56 Å². The molecule has 2 rings (SSSR count). The van der Waals surface area contributed by atoms with E-state index >= 15 is 0 Å². The topological polar surface area (TPSA) is 30.5 Å². The van der Waals surface area contributed by atoms with Crippen molar-refractivity contribution >= 4 is 21.6 Å². The van der Waals surface area contributed by atoms with Crippen LogP contribution in [0.1, 0.15) is 19.4 Å². The van der Waals surface area contributed by atoms with Gasteiger partial charge in [-0.3, -0.25) is 0 Å². The minimum atomic E-state index is 0.197. The van der Waals surface area contributed by atoms with E-state index in [0.29, 0.717) is 0 Å². The molecule has 0 saturated heterocycles. The molecule has 0 amide bonds. The molecule has 2 aromatic rings. The third kappa shape index (κ3) is 4.97. The maximum absolute atomic E-state index is 5.63. The van der Waals surface area contributed by atoms with Crippen molar-refractivity contribution in [2.24, 2.45) is 0 Å². The number of anilines is 1. The number of methoxy groups -OCH3 is 1. The first kappa shape index (κ1) is 15.7.